The molecular formula is C36H54BN9O10. The number of hydrazine groups is 1. The lowest BCUT2D eigenvalue weighted by Gasteiger charge is -2.27. The van der Waals surface area contributed by atoms with Crippen molar-refractivity contribution >= 4 is 54.1 Å². The highest BCUT2D eigenvalue weighted by Gasteiger charge is 2.38. The molecule has 56 heavy (non-hydrogen) atoms. The molecule has 2 heterocycles. The number of nitrogens with zero attached hydrogens (tertiary/aromatic N) is 2. The summed E-state index contributed by atoms with van der Waals surface area (Å²) in [6, 6.07) is 4.23. The van der Waals surface area contributed by atoms with E-state index in [1.54, 1.807) is 18.3 Å². The molecule has 1 aromatic heterocycles. The Labute approximate surface area is 325 Å². The van der Waals surface area contributed by atoms with Gasteiger partial charge in [-0.25, -0.2) is 9.78 Å². The van der Waals surface area contributed by atoms with Gasteiger partial charge >= 0.3 is 13.1 Å². The number of imidazole rings is 1. The van der Waals surface area contributed by atoms with Gasteiger partial charge in [0.05, 0.1) is 36.1 Å². The molecule has 0 radical (unpaired) electrons. The maximum absolute atomic E-state index is 12.9. The van der Waals surface area contributed by atoms with E-state index in [0.717, 1.165) is 0 Å². The monoisotopic (exact) mass is 783 g/mol. The Hall–Kier alpha value is -5.34. The van der Waals surface area contributed by atoms with Crippen molar-refractivity contribution in [1.82, 2.24) is 36.2 Å². The summed E-state index contributed by atoms with van der Waals surface area (Å²) in [6.07, 6.45) is 7.49. The lowest BCUT2D eigenvalue weighted by molar-refractivity contribution is -0.143. The normalized spacial score (nSPS) is 15.2. The molecule has 0 unspecified atom stereocenters. The standard InChI is InChI=1S/C36H54BN9O10/c1-23(35(52)46-17-7-9-30(46)37(55)56)42-33(50)24-12-14-26(15-13-24)44-45-32(49)11-4-2-3-10-31(48)40-16-6-5-8-29(36(53)54)43-34(51)25(19-28(47)20-38)18-27-21-39-22-41-27/h12-15,21-23,25,29-30,44,55-56H,2-11,16-20,38H2,1H3,(H,39,41)(H,40,48)(H,42,50)(H,43,51)(H,45,49)(H,53,54)/t23-,25-,29+,30+/m1/s1. The van der Waals surface area contributed by atoms with Crippen molar-refractivity contribution < 1.29 is 48.7 Å². The number of nitrogens with two attached hydrogens (primary N) is 1. The van der Waals surface area contributed by atoms with Crippen molar-refractivity contribution in [1.29, 1.82) is 0 Å². The number of benzene rings is 1. The number of carboxylic acid groups (broad SMARTS) is 1. The van der Waals surface area contributed by atoms with Crippen LogP contribution in [-0.2, 0) is 35.2 Å². The number of Topliss-reactive ketones (excluding diaryl/α,β-unsaturated/α-hetero) is 1. The van der Waals surface area contributed by atoms with E-state index in [-0.39, 0.29) is 56.2 Å². The zero-order chi connectivity index (χ0) is 41.0. The molecule has 306 valence electrons. The summed E-state index contributed by atoms with van der Waals surface area (Å²) in [4.78, 5) is 94.8. The number of unbranched alkanes of at least 4 members (excludes halogenated alkanes) is 3. The Bertz CT molecular complexity index is 1610. The van der Waals surface area contributed by atoms with Crippen molar-refractivity contribution in [2.75, 3.05) is 25.1 Å². The Balaban J connectivity index is 1.25. The van der Waals surface area contributed by atoms with Crippen molar-refractivity contribution in [2.24, 2.45) is 11.7 Å². The molecule has 1 aliphatic heterocycles. The Morgan fingerprint density at radius 1 is 0.982 bits per heavy atom. The second-order valence-electron chi connectivity index (χ2n) is 13.8. The summed E-state index contributed by atoms with van der Waals surface area (Å²) in [7, 11) is -1.64. The largest absolute Gasteiger partial charge is 0.480 e. The maximum Gasteiger partial charge on any atom is 0.475 e. The second kappa shape index (κ2) is 23.6. The third kappa shape index (κ3) is 15.4. The molecule has 4 atom stereocenters. The number of anilines is 1. The number of ketones is 1. The maximum atomic E-state index is 12.9. The van der Waals surface area contributed by atoms with Crippen molar-refractivity contribution in [2.45, 2.75) is 102 Å². The van der Waals surface area contributed by atoms with E-state index >= 15 is 0 Å². The lowest BCUT2D eigenvalue weighted by atomic mass is 9.78. The summed E-state index contributed by atoms with van der Waals surface area (Å²) in [5.41, 5.74) is 12.2. The number of aliphatic carboxylic acids is 1. The molecule has 3 rings (SSSR count). The third-order valence-corrected chi connectivity index (χ3v) is 9.38. The van der Waals surface area contributed by atoms with Crippen LogP contribution < -0.4 is 32.5 Å². The van der Waals surface area contributed by atoms with Crippen LogP contribution in [0.3, 0.4) is 0 Å². The zero-order valence-corrected chi connectivity index (χ0v) is 31.6. The average Bonchev–Trinajstić information content (AvgIpc) is 3.89. The number of carboxylic acids is 1. The first-order valence-electron chi connectivity index (χ1n) is 18.9. The number of hydrogen-bond acceptors (Lipinski definition) is 12. The summed E-state index contributed by atoms with van der Waals surface area (Å²) >= 11 is 0. The fourth-order valence-electron chi connectivity index (χ4n) is 6.23. The number of carbonyl (C=O) groups is 7. The minimum atomic E-state index is -1.64. The molecule has 0 bridgehead atoms. The fraction of sp³-hybridized carbons (Fsp3) is 0.556. The number of carbonyl (C=O) groups excluding carboxylic acids is 6. The summed E-state index contributed by atoms with van der Waals surface area (Å²) < 4.78 is 0. The molecule has 1 saturated heterocycles. The van der Waals surface area contributed by atoms with Crippen molar-refractivity contribution in [3.8, 4) is 0 Å². The molecule has 11 N–H and O–H groups in total. The highest BCUT2D eigenvalue weighted by Crippen LogP contribution is 2.19. The van der Waals surface area contributed by atoms with E-state index in [0.29, 0.717) is 75.0 Å². The van der Waals surface area contributed by atoms with Crippen LogP contribution in [0.1, 0.15) is 93.6 Å². The predicted octanol–water partition coefficient (Wildman–Crippen LogP) is -0.443. The number of H-pyrrole nitrogens is 1. The molecular weight excluding hydrogens is 729 g/mol. The number of rotatable bonds is 25. The topological polar surface area (TPSA) is 298 Å². The van der Waals surface area contributed by atoms with Crippen molar-refractivity contribution in [3.63, 3.8) is 0 Å². The zero-order valence-electron chi connectivity index (χ0n) is 31.6. The Morgan fingerprint density at radius 2 is 1.70 bits per heavy atom. The summed E-state index contributed by atoms with van der Waals surface area (Å²) in [5.74, 6) is -4.90. The molecule has 1 aliphatic rings. The molecule has 5 amide bonds. The summed E-state index contributed by atoms with van der Waals surface area (Å²) in [6.45, 7) is 2.03. The molecule has 20 heteroatoms. The first-order valence-corrected chi connectivity index (χ1v) is 18.9. The van der Waals surface area contributed by atoms with Gasteiger partial charge in [-0.15, -0.1) is 0 Å². The van der Waals surface area contributed by atoms with E-state index < -0.39 is 54.8 Å². The minimum absolute atomic E-state index is 0.132. The number of amides is 5. The third-order valence-electron chi connectivity index (χ3n) is 9.38. The van der Waals surface area contributed by atoms with Gasteiger partial charge < -0.3 is 46.7 Å². The van der Waals surface area contributed by atoms with Crippen LogP contribution in [0.2, 0.25) is 0 Å². The highest BCUT2D eigenvalue weighted by atomic mass is 16.4. The van der Waals surface area contributed by atoms with Crippen LogP contribution in [0.5, 0.6) is 0 Å². The van der Waals surface area contributed by atoms with E-state index in [1.807, 2.05) is 0 Å². The van der Waals surface area contributed by atoms with Crippen LogP contribution in [0.15, 0.2) is 36.8 Å². The molecule has 0 saturated carbocycles. The van der Waals surface area contributed by atoms with Gasteiger partial charge in [0.2, 0.25) is 23.6 Å². The smallest absolute Gasteiger partial charge is 0.475 e. The predicted molar refractivity (Wildman–Crippen MR) is 204 cm³/mol. The van der Waals surface area contributed by atoms with Gasteiger partial charge in [0.15, 0.2) is 0 Å². The minimum Gasteiger partial charge on any atom is -0.480 e. The van der Waals surface area contributed by atoms with Gasteiger partial charge in [0.1, 0.15) is 17.9 Å². The van der Waals surface area contributed by atoms with Crippen molar-refractivity contribution in [3.05, 3.63) is 48.0 Å². The molecule has 0 spiro atoms. The van der Waals surface area contributed by atoms with Crippen LogP contribution in [0, 0.1) is 5.92 Å². The van der Waals surface area contributed by atoms with E-state index in [9.17, 15) is 48.7 Å². The Morgan fingerprint density at radius 3 is 2.34 bits per heavy atom. The Kier molecular flexibility index (Phi) is 19.0. The number of hydrogen-bond donors (Lipinski definition) is 10. The fourth-order valence-corrected chi connectivity index (χ4v) is 6.23. The van der Waals surface area contributed by atoms with Gasteiger partial charge in [-0.1, -0.05) is 6.42 Å². The van der Waals surface area contributed by atoms with E-state index in [4.69, 9.17) is 5.73 Å². The molecule has 19 nitrogen and oxygen atoms in total. The quantitative estimate of drug-likeness (QED) is 0.0348. The van der Waals surface area contributed by atoms with E-state index in [2.05, 4.69) is 36.8 Å². The average molecular weight is 784 g/mol. The first kappa shape index (κ1) is 45.1. The van der Waals surface area contributed by atoms with Crippen LogP contribution in [0.25, 0.3) is 0 Å². The molecule has 0 aliphatic carbocycles. The number of likely N-dealkylation sites (tertiary alicyclic amines) is 1. The van der Waals surface area contributed by atoms with Gasteiger partial charge in [-0.2, -0.15) is 0 Å². The van der Waals surface area contributed by atoms with Gasteiger partial charge in [0, 0.05) is 50.5 Å². The summed E-state index contributed by atoms with van der Waals surface area (Å²) in [5, 5.41) is 36.6. The molecule has 2 aromatic rings. The van der Waals surface area contributed by atoms with Crippen LogP contribution in [-0.4, -0.2) is 116 Å². The van der Waals surface area contributed by atoms with Gasteiger partial charge in [-0.05, 0) is 76.1 Å². The number of aromatic amines is 1. The van der Waals surface area contributed by atoms with Gasteiger partial charge in [-0.3, -0.25) is 39.6 Å². The SMILES string of the molecule is C[C@@H](NC(=O)c1ccc(NNC(=O)CCCCCC(=O)NCCCC[C@H](NC(=O)[C@@H](CC(=O)CN)Cc2c[nH]cn2)C(=O)O)cc1)C(=O)N1CCC[C@H]1B(O)O. The lowest BCUT2D eigenvalue weighted by Crippen LogP contribution is -2.52. The van der Waals surface area contributed by atoms with Crippen LogP contribution in [0.4, 0.5) is 5.69 Å². The molecule has 1 aromatic carbocycles. The number of nitrogens with one attached hydrogen (secondary N) is 6. The highest BCUT2D eigenvalue weighted by molar-refractivity contribution is 6.43. The van der Waals surface area contributed by atoms with E-state index in [1.165, 1.54) is 30.3 Å². The van der Waals surface area contributed by atoms with Gasteiger partial charge in [0.25, 0.3) is 5.91 Å². The molecule has 1 fully saturated rings. The van der Waals surface area contributed by atoms with Crippen LogP contribution >= 0.6 is 0 Å². The second-order valence-corrected chi connectivity index (χ2v) is 13.8. The number of aromatic nitrogens is 2. The first-order chi connectivity index (χ1) is 26.8.